The first-order valence-electron chi connectivity index (χ1n) is 11.2. The van der Waals surface area contributed by atoms with Gasteiger partial charge in [0.1, 0.15) is 5.57 Å². The zero-order valence-corrected chi connectivity index (χ0v) is 19.7. The second-order valence-electron chi connectivity index (χ2n) is 8.13. The molecule has 5 rings (SSSR count). The van der Waals surface area contributed by atoms with E-state index in [-0.39, 0.29) is 23.4 Å². The summed E-state index contributed by atoms with van der Waals surface area (Å²) in [6.45, 7) is 1.99. The van der Waals surface area contributed by atoms with E-state index in [4.69, 9.17) is 11.6 Å². The minimum absolute atomic E-state index is 0.0843. The number of H-pyrrole nitrogens is 1. The van der Waals surface area contributed by atoms with E-state index in [2.05, 4.69) is 5.10 Å². The van der Waals surface area contributed by atoms with Gasteiger partial charge in [-0.15, -0.1) is 0 Å². The lowest BCUT2D eigenvalue weighted by Gasteiger charge is -2.13. The van der Waals surface area contributed by atoms with Gasteiger partial charge in [-0.2, -0.15) is 4.57 Å². The number of aromatic amines is 1. The Hall–Kier alpha value is -4.23. The fourth-order valence-electron chi connectivity index (χ4n) is 4.28. The smallest absolute Gasteiger partial charge is 0.294 e. The van der Waals surface area contributed by atoms with Crippen molar-refractivity contribution < 1.29 is 14.2 Å². The second-order valence-corrected chi connectivity index (χ2v) is 8.56. The van der Waals surface area contributed by atoms with Crippen molar-refractivity contribution in [2.45, 2.75) is 19.9 Å². The Morgan fingerprint density at radius 2 is 1.60 bits per heavy atom. The van der Waals surface area contributed by atoms with Crippen molar-refractivity contribution >= 4 is 34.7 Å². The number of halogens is 1. The third-order valence-corrected chi connectivity index (χ3v) is 6.17. The van der Waals surface area contributed by atoms with Gasteiger partial charge in [-0.25, -0.2) is 4.68 Å². The number of amides is 2. The average Bonchev–Trinajstić information content (AvgIpc) is 3.33. The van der Waals surface area contributed by atoms with Gasteiger partial charge in [0.15, 0.2) is 12.4 Å². The lowest BCUT2D eigenvalue weighted by atomic mass is 10.0. The molecule has 35 heavy (non-hydrogen) atoms. The third kappa shape index (κ3) is 4.00. The Bertz CT molecular complexity index is 1520. The van der Waals surface area contributed by atoms with E-state index < -0.39 is 17.4 Å². The Balaban J connectivity index is 1.71. The van der Waals surface area contributed by atoms with E-state index in [0.29, 0.717) is 22.8 Å². The zero-order chi connectivity index (χ0) is 24.5. The van der Waals surface area contributed by atoms with E-state index in [0.717, 1.165) is 5.56 Å². The van der Waals surface area contributed by atoms with E-state index in [9.17, 15) is 14.4 Å². The molecule has 0 fully saturated rings. The number of hydrogen-bond acceptors (Lipinski definition) is 3. The number of nitrogens with zero attached hydrogens (tertiary/aromatic N) is 3. The summed E-state index contributed by atoms with van der Waals surface area (Å²) >= 11 is 6.15. The topological polar surface area (TPSA) is 79.1 Å². The Kier molecular flexibility index (Phi) is 5.93. The highest BCUT2D eigenvalue weighted by atomic mass is 35.5. The first kappa shape index (κ1) is 22.6. The highest BCUT2D eigenvalue weighted by Gasteiger charge is 2.47. The number of pyridine rings is 1. The number of hydrogen-bond donors (Lipinski definition) is 1. The minimum Gasteiger partial charge on any atom is -0.294 e. The van der Waals surface area contributed by atoms with Gasteiger partial charge in [-0.05, 0) is 30.2 Å². The van der Waals surface area contributed by atoms with Crippen LogP contribution in [-0.4, -0.2) is 26.5 Å². The van der Waals surface area contributed by atoms with Crippen LogP contribution in [0.2, 0.25) is 5.02 Å². The van der Waals surface area contributed by atoms with Crippen LogP contribution < -0.4 is 10.1 Å². The first-order chi connectivity index (χ1) is 17.0. The van der Waals surface area contributed by atoms with Crippen molar-refractivity contribution in [1.29, 1.82) is 0 Å². The fourth-order valence-corrected chi connectivity index (χ4v) is 4.46. The van der Waals surface area contributed by atoms with Gasteiger partial charge >= 0.3 is 5.91 Å². The number of carbonyl (C=O) groups excluding carboxylic acids is 2. The van der Waals surface area contributed by atoms with E-state index >= 15 is 0 Å². The Morgan fingerprint density at radius 1 is 0.886 bits per heavy atom. The van der Waals surface area contributed by atoms with Gasteiger partial charge in [0.05, 0.1) is 17.8 Å². The van der Waals surface area contributed by atoms with Crippen LogP contribution in [0, 0.1) is 0 Å². The molecule has 7 nitrogen and oxygen atoms in total. The average molecular weight is 486 g/mol. The molecule has 0 aliphatic carbocycles. The molecule has 0 bridgehead atoms. The molecule has 174 valence electrons. The number of carbonyl (C=O) groups is 2. The molecular weight excluding hydrogens is 464 g/mol. The Morgan fingerprint density at radius 3 is 2.29 bits per heavy atom. The maximum atomic E-state index is 13.8. The van der Waals surface area contributed by atoms with Crippen LogP contribution in [0.5, 0.6) is 0 Å². The maximum absolute atomic E-state index is 13.8. The fraction of sp³-hybridized carbons (Fsp3) is 0.111. The molecule has 0 unspecified atom stereocenters. The molecule has 8 heteroatoms. The van der Waals surface area contributed by atoms with Gasteiger partial charge in [0, 0.05) is 22.8 Å². The van der Waals surface area contributed by atoms with Crippen molar-refractivity contribution in [1.82, 2.24) is 14.7 Å². The number of rotatable bonds is 6. The van der Waals surface area contributed by atoms with Crippen LogP contribution >= 0.6 is 11.6 Å². The largest absolute Gasteiger partial charge is 0.327 e. The molecule has 2 aromatic carbocycles. The normalized spacial score (nSPS) is 13.7. The molecule has 0 radical (unpaired) electrons. The molecule has 0 atom stereocenters. The Labute approximate surface area is 206 Å². The number of nitrogens with one attached hydrogen (secondary N) is 1. The summed E-state index contributed by atoms with van der Waals surface area (Å²) in [5.41, 5.74) is 1.91. The summed E-state index contributed by atoms with van der Waals surface area (Å²) in [5.74, 6) is -0.962. The summed E-state index contributed by atoms with van der Waals surface area (Å²) in [6, 6.07) is 21.5. The van der Waals surface area contributed by atoms with Gasteiger partial charge in [0.25, 0.3) is 17.2 Å². The van der Waals surface area contributed by atoms with Crippen LogP contribution in [-0.2, 0) is 22.6 Å². The number of aromatic nitrogens is 3. The lowest BCUT2D eigenvalue weighted by molar-refractivity contribution is -0.576. The van der Waals surface area contributed by atoms with Gasteiger partial charge in [-0.3, -0.25) is 24.4 Å². The second kappa shape index (κ2) is 9.19. The monoisotopic (exact) mass is 485 g/mol. The number of aryl methyl sites for hydroxylation is 1. The lowest BCUT2D eigenvalue weighted by Crippen LogP contribution is -2.39. The summed E-state index contributed by atoms with van der Waals surface area (Å²) in [6.07, 6.45) is 3.84. The first-order valence-corrected chi connectivity index (χ1v) is 11.6. The summed E-state index contributed by atoms with van der Waals surface area (Å²) in [5, 5.41) is 3.59. The molecule has 0 saturated carbocycles. The summed E-state index contributed by atoms with van der Waals surface area (Å²) in [4.78, 5) is 42.3. The van der Waals surface area contributed by atoms with Crippen molar-refractivity contribution in [3.05, 3.63) is 117 Å². The molecule has 4 aromatic rings. The quantitative estimate of drug-likeness (QED) is 0.335. The number of benzene rings is 2. The van der Waals surface area contributed by atoms with Crippen molar-refractivity contribution in [2.24, 2.45) is 0 Å². The molecule has 2 amide bonds. The van der Waals surface area contributed by atoms with Gasteiger partial charge in [-0.1, -0.05) is 61.0 Å². The van der Waals surface area contributed by atoms with E-state index in [1.54, 1.807) is 53.4 Å². The molecule has 1 N–H and O–H groups in total. The predicted molar refractivity (Wildman–Crippen MR) is 133 cm³/mol. The highest BCUT2D eigenvalue weighted by Crippen LogP contribution is 2.31. The van der Waals surface area contributed by atoms with Crippen LogP contribution in [0.4, 0.5) is 0 Å². The molecule has 2 aromatic heterocycles. The van der Waals surface area contributed by atoms with Crippen LogP contribution in [0.1, 0.15) is 23.7 Å². The maximum Gasteiger partial charge on any atom is 0.327 e. The molecule has 3 heterocycles. The molecule has 1 aliphatic heterocycles. The summed E-state index contributed by atoms with van der Waals surface area (Å²) < 4.78 is 2.95. The predicted octanol–water partition coefficient (Wildman–Crippen LogP) is 3.61. The summed E-state index contributed by atoms with van der Waals surface area (Å²) in [7, 11) is 0. The third-order valence-electron chi connectivity index (χ3n) is 5.94. The zero-order valence-electron chi connectivity index (χ0n) is 18.9. The van der Waals surface area contributed by atoms with Crippen LogP contribution in [0.25, 0.3) is 17.0 Å². The molecule has 0 saturated heterocycles. The standard InChI is InChI=1S/C27H21ClN4O3/c1-2-21-22(26(34)32(29-21)20-13-9-12-19(28)16-20)23-24(30-14-7-4-8-15-30)27(35)31(25(23)33)17-18-10-5-3-6-11-18/h3-16H,2,17H2,1H3/p+1. The molecule has 1 aliphatic rings. The van der Waals surface area contributed by atoms with Crippen molar-refractivity contribution in [2.75, 3.05) is 0 Å². The highest BCUT2D eigenvalue weighted by molar-refractivity contribution is 6.44. The van der Waals surface area contributed by atoms with Crippen LogP contribution in [0.3, 0.4) is 0 Å². The van der Waals surface area contributed by atoms with Crippen molar-refractivity contribution in [3.63, 3.8) is 0 Å². The SMILES string of the molecule is CCc1[nH]n(-c2cccc(Cl)c2)c(=O)c1C1=C([n+]2ccccc2)C(=O)N(Cc2ccccc2)C1=O. The molecule has 0 spiro atoms. The van der Waals surface area contributed by atoms with Gasteiger partial charge < -0.3 is 0 Å². The van der Waals surface area contributed by atoms with E-state index in [1.807, 2.05) is 43.3 Å². The number of imide groups is 1. The van der Waals surface area contributed by atoms with E-state index in [1.165, 1.54) is 9.58 Å². The molecular formula is C27H22ClN4O3+. The van der Waals surface area contributed by atoms with Crippen LogP contribution in [0.15, 0.2) is 90.0 Å². The van der Waals surface area contributed by atoms with Gasteiger partial charge in [0.2, 0.25) is 0 Å². The van der Waals surface area contributed by atoms with Crippen molar-refractivity contribution in [3.8, 4) is 5.69 Å². The minimum atomic E-state index is -0.505.